The summed E-state index contributed by atoms with van der Waals surface area (Å²) in [7, 11) is 0. The SMILES string of the molecule is Cc1ccc(-c2ccc(-c3ccc(-c4cnc(-c5ccc(C[C@H](NC(=O)c6ccc(C(C)(C)C)s6)C(=O)N6CC(C(=O)O)C6)cc5)nc4)c(F)c3)cc2)cc1. The van der Waals surface area contributed by atoms with Gasteiger partial charge < -0.3 is 15.3 Å². The second-order valence-corrected chi connectivity index (χ2v) is 16.1. The topological polar surface area (TPSA) is 112 Å². The van der Waals surface area contributed by atoms with Crippen molar-refractivity contribution in [3.8, 4) is 44.8 Å². The third kappa shape index (κ3) is 8.39. The Labute approximate surface area is 323 Å². The zero-order chi connectivity index (χ0) is 38.9. The summed E-state index contributed by atoms with van der Waals surface area (Å²) in [5, 5.41) is 12.2. The number of aromatic nitrogens is 2. The Morgan fingerprint density at radius 1 is 0.800 bits per heavy atom. The lowest BCUT2D eigenvalue weighted by atomic mass is 9.95. The van der Waals surface area contributed by atoms with E-state index in [0.29, 0.717) is 21.8 Å². The molecule has 1 atom stereocenters. The van der Waals surface area contributed by atoms with Crippen LogP contribution in [-0.4, -0.2) is 56.9 Å². The van der Waals surface area contributed by atoms with Gasteiger partial charge in [0, 0.05) is 53.5 Å². The van der Waals surface area contributed by atoms with E-state index in [1.165, 1.54) is 27.9 Å². The number of aryl methyl sites for hydroxylation is 1. The van der Waals surface area contributed by atoms with Gasteiger partial charge in [0.05, 0.1) is 10.8 Å². The number of nitrogens with zero attached hydrogens (tertiary/aromatic N) is 3. The van der Waals surface area contributed by atoms with E-state index in [-0.39, 0.29) is 42.6 Å². The summed E-state index contributed by atoms with van der Waals surface area (Å²) in [5.41, 5.74) is 7.47. The summed E-state index contributed by atoms with van der Waals surface area (Å²) in [4.78, 5) is 50.3. The molecular formula is C45H41FN4O4S. The number of carboxylic acids is 1. The number of benzene rings is 4. The van der Waals surface area contributed by atoms with Crippen molar-refractivity contribution in [1.82, 2.24) is 20.2 Å². The van der Waals surface area contributed by atoms with Crippen LogP contribution < -0.4 is 5.32 Å². The molecule has 0 saturated carbocycles. The molecule has 10 heteroatoms. The molecule has 1 fully saturated rings. The lowest BCUT2D eigenvalue weighted by Crippen LogP contribution is -2.59. The molecule has 278 valence electrons. The highest BCUT2D eigenvalue weighted by molar-refractivity contribution is 7.14. The summed E-state index contributed by atoms with van der Waals surface area (Å²) < 4.78 is 15.5. The number of halogens is 1. The van der Waals surface area contributed by atoms with E-state index in [1.54, 1.807) is 24.5 Å². The number of hydrogen-bond donors (Lipinski definition) is 2. The fourth-order valence-corrected chi connectivity index (χ4v) is 7.47. The second-order valence-electron chi connectivity index (χ2n) is 15.1. The van der Waals surface area contributed by atoms with Crippen molar-refractivity contribution >= 4 is 29.1 Å². The van der Waals surface area contributed by atoms with Crippen LogP contribution in [0.1, 0.15) is 46.4 Å². The van der Waals surface area contributed by atoms with Gasteiger partial charge in [-0.05, 0) is 58.4 Å². The Kier molecular flexibility index (Phi) is 10.4. The van der Waals surface area contributed by atoms with E-state index >= 15 is 4.39 Å². The number of carboxylic acid groups (broad SMARTS) is 1. The maximum Gasteiger partial charge on any atom is 0.310 e. The Hall–Kier alpha value is -6.00. The first-order chi connectivity index (χ1) is 26.3. The average molecular weight is 753 g/mol. The molecule has 8 nitrogen and oxygen atoms in total. The molecule has 55 heavy (non-hydrogen) atoms. The van der Waals surface area contributed by atoms with Crippen molar-refractivity contribution in [2.75, 3.05) is 13.1 Å². The minimum Gasteiger partial charge on any atom is -0.481 e. The monoisotopic (exact) mass is 752 g/mol. The fraction of sp³-hybridized carbons (Fsp3) is 0.222. The van der Waals surface area contributed by atoms with Crippen LogP contribution in [0.4, 0.5) is 4.39 Å². The third-order valence-electron chi connectivity index (χ3n) is 9.90. The van der Waals surface area contributed by atoms with Crippen LogP contribution in [0.3, 0.4) is 0 Å². The summed E-state index contributed by atoms with van der Waals surface area (Å²) in [6.07, 6.45) is 3.41. The van der Waals surface area contributed by atoms with Crippen LogP contribution in [0.15, 0.2) is 116 Å². The molecule has 7 rings (SSSR count). The first-order valence-electron chi connectivity index (χ1n) is 18.1. The maximum atomic E-state index is 15.5. The molecule has 2 N–H and O–H groups in total. The minimum absolute atomic E-state index is 0.108. The molecule has 1 saturated heterocycles. The quantitative estimate of drug-likeness (QED) is 0.145. The van der Waals surface area contributed by atoms with Gasteiger partial charge in [-0.1, -0.05) is 111 Å². The molecule has 0 radical (unpaired) electrons. The number of nitrogens with one attached hydrogen (secondary N) is 1. The zero-order valence-corrected chi connectivity index (χ0v) is 31.9. The Morgan fingerprint density at radius 3 is 1.93 bits per heavy atom. The number of thiophene rings is 1. The minimum atomic E-state index is -0.942. The zero-order valence-electron chi connectivity index (χ0n) is 31.0. The van der Waals surface area contributed by atoms with Crippen molar-refractivity contribution < 1.29 is 23.9 Å². The molecule has 0 spiro atoms. The normalized spacial score (nSPS) is 13.6. The van der Waals surface area contributed by atoms with Gasteiger partial charge in [0.2, 0.25) is 5.91 Å². The van der Waals surface area contributed by atoms with Crippen LogP contribution in [0.5, 0.6) is 0 Å². The van der Waals surface area contributed by atoms with Gasteiger partial charge in [0.15, 0.2) is 5.82 Å². The fourth-order valence-electron chi connectivity index (χ4n) is 6.50. The molecule has 6 aromatic rings. The van der Waals surface area contributed by atoms with Gasteiger partial charge in [-0.25, -0.2) is 14.4 Å². The number of likely N-dealkylation sites (tertiary alicyclic amines) is 1. The molecule has 0 aliphatic carbocycles. The smallest absolute Gasteiger partial charge is 0.310 e. The van der Waals surface area contributed by atoms with E-state index in [2.05, 4.69) is 67.2 Å². The molecule has 2 amide bonds. The predicted octanol–water partition coefficient (Wildman–Crippen LogP) is 8.84. The number of hydrogen-bond acceptors (Lipinski definition) is 6. The molecule has 1 aliphatic rings. The van der Waals surface area contributed by atoms with E-state index in [0.717, 1.165) is 38.3 Å². The lowest BCUT2D eigenvalue weighted by molar-refractivity contribution is -0.153. The van der Waals surface area contributed by atoms with Gasteiger partial charge in [0.1, 0.15) is 11.9 Å². The van der Waals surface area contributed by atoms with Crippen LogP contribution in [-0.2, 0) is 21.4 Å². The van der Waals surface area contributed by atoms with E-state index in [4.69, 9.17) is 0 Å². The summed E-state index contributed by atoms with van der Waals surface area (Å²) >= 11 is 1.39. The van der Waals surface area contributed by atoms with E-state index < -0.39 is 17.9 Å². The highest BCUT2D eigenvalue weighted by Crippen LogP contribution is 2.31. The first-order valence-corrected chi connectivity index (χ1v) is 19.0. The average Bonchev–Trinajstić information content (AvgIpc) is 3.67. The molecule has 3 heterocycles. The standard InChI is InChI=1S/C45H41FN4O4S/c1-27-5-9-29(10-6-27)30-13-15-31(16-14-30)33-17-18-36(37(46)22-33)34-23-47-41(48-24-34)32-11-7-28(8-12-32)21-38(43(52)50-25-35(26-50)44(53)54)49-42(51)39-19-20-40(55-39)45(2,3)4/h5-20,22-24,35,38H,21,25-26H2,1-4H3,(H,49,51)(H,53,54)/t38-/m0/s1. The van der Waals surface area contributed by atoms with Crippen molar-refractivity contribution in [3.63, 3.8) is 0 Å². The van der Waals surface area contributed by atoms with Gasteiger partial charge >= 0.3 is 5.97 Å². The van der Waals surface area contributed by atoms with Gasteiger partial charge in [-0.3, -0.25) is 14.4 Å². The molecule has 0 unspecified atom stereocenters. The Bertz CT molecular complexity index is 2340. The summed E-state index contributed by atoms with van der Waals surface area (Å²) in [6.45, 7) is 8.50. The number of amides is 2. The number of carbonyl (C=O) groups excluding carboxylic acids is 2. The van der Waals surface area contributed by atoms with Gasteiger partial charge in [-0.15, -0.1) is 11.3 Å². The lowest BCUT2D eigenvalue weighted by Gasteiger charge is -2.38. The van der Waals surface area contributed by atoms with Gasteiger partial charge in [-0.2, -0.15) is 0 Å². The van der Waals surface area contributed by atoms with Crippen molar-refractivity contribution in [2.24, 2.45) is 5.92 Å². The third-order valence-corrected chi connectivity index (χ3v) is 11.4. The summed E-state index contributed by atoms with van der Waals surface area (Å²) in [6, 6.07) is 31.8. The number of carbonyl (C=O) groups is 3. The highest BCUT2D eigenvalue weighted by atomic mass is 32.1. The van der Waals surface area contributed by atoms with Crippen LogP contribution >= 0.6 is 11.3 Å². The van der Waals surface area contributed by atoms with E-state index in [1.807, 2.05) is 60.7 Å². The second kappa shape index (κ2) is 15.4. The molecule has 1 aliphatic heterocycles. The Morgan fingerprint density at radius 2 is 1.36 bits per heavy atom. The number of aliphatic carboxylic acids is 1. The first kappa shape index (κ1) is 37.3. The van der Waals surface area contributed by atoms with Crippen LogP contribution in [0, 0.1) is 18.7 Å². The molecule has 4 aromatic carbocycles. The van der Waals surface area contributed by atoms with Gasteiger partial charge in [0.25, 0.3) is 5.91 Å². The van der Waals surface area contributed by atoms with E-state index in [9.17, 15) is 19.5 Å². The van der Waals surface area contributed by atoms with Crippen LogP contribution in [0.25, 0.3) is 44.8 Å². The maximum absolute atomic E-state index is 15.5. The van der Waals surface area contributed by atoms with Crippen molar-refractivity contribution in [1.29, 1.82) is 0 Å². The summed E-state index contributed by atoms with van der Waals surface area (Å²) in [5.74, 6) is -2.14. The number of rotatable bonds is 10. The molecule has 0 bridgehead atoms. The highest BCUT2D eigenvalue weighted by Gasteiger charge is 2.39. The van der Waals surface area contributed by atoms with Crippen molar-refractivity contribution in [3.05, 3.63) is 142 Å². The Balaban J connectivity index is 1.03. The van der Waals surface area contributed by atoms with Crippen LogP contribution in [0.2, 0.25) is 0 Å². The molecular weight excluding hydrogens is 712 g/mol. The predicted molar refractivity (Wildman–Crippen MR) is 214 cm³/mol. The largest absolute Gasteiger partial charge is 0.481 e. The molecule has 2 aromatic heterocycles. The van der Waals surface area contributed by atoms with Crippen molar-refractivity contribution in [2.45, 2.75) is 45.6 Å².